The Morgan fingerprint density at radius 2 is 0.906 bits per heavy atom. The molecule has 248 valence electrons. The Bertz CT molecular complexity index is 3100. The molecular formula is C46H29N7. The largest absolute Gasteiger partial charge is 0.309 e. The van der Waals surface area contributed by atoms with Gasteiger partial charge in [0, 0.05) is 43.7 Å². The van der Waals surface area contributed by atoms with Crippen LogP contribution in [-0.4, -0.2) is 33.9 Å². The van der Waals surface area contributed by atoms with Crippen molar-refractivity contribution in [3.05, 3.63) is 176 Å². The van der Waals surface area contributed by atoms with E-state index in [0.29, 0.717) is 17.6 Å². The van der Waals surface area contributed by atoms with Crippen LogP contribution in [0.2, 0.25) is 0 Å². The van der Waals surface area contributed by atoms with Crippen LogP contribution >= 0.6 is 0 Å². The van der Waals surface area contributed by atoms with Crippen LogP contribution in [0.15, 0.2) is 176 Å². The van der Waals surface area contributed by atoms with Crippen LogP contribution < -0.4 is 0 Å². The molecular weight excluding hydrogens is 651 g/mol. The molecule has 0 fully saturated rings. The third-order valence-electron chi connectivity index (χ3n) is 10.2. The zero-order valence-corrected chi connectivity index (χ0v) is 28.4. The molecule has 11 rings (SSSR count). The van der Waals surface area contributed by atoms with Gasteiger partial charge in [0.1, 0.15) is 0 Å². The van der Waals surface area contributed by atoms with Crippen LogP contribution in [0.3, 0.4) is 0 Å². The summed E-state index contributed by atoms with van der Waals surface area (Å²) in [6, 6.07) is 58.8. The highest BCUT2D eigenvalue weighted by molar-refractivity contribution is 6.18. The van der Waals surface area contributed by atoms with E-state index in [1.807, 2.05) is 66.9 Å². The van der Waals surface area contributed by atoms with E-state index in [1.165, 1.54) is 16.3 Å². The fourth-order valence-electron chi connectivity index (χ4n) is 7.82. The Hall–Kier alpha value is -7.38. The van der Waals surface area contributed by atoms with E-state index in [0.717, 1.165) is 60.7 Å². The molecule has 0 aliphatic heterocycles. The van der Waals surface area contributed by atoms with Gasteiger partial charge in [-0.05, 0) is 54.6 Å². The standard InChI is InChI=1S/C46H29N7/c1-4-14-30(15-5-1)44-48-45(31-16-6-2-7-17-31)50-46(49-44)52-40-23-13-11-21-35(40)37-28-33(24-26-41(37)52)53-42-27-25-36-34-20-10-12-22-39(34)51(32-18-8-3-9-19-32)43(36)38(42)29-47-53/h1-29H. The monoisotopic (exact) mass is 679 g/mol. The van der Waals surface area contributed by atoms with Crippen molar-refractivity contribution in [2.75, 3.05) is 0 Å². The highest BCUT2D eigenvalue weighted by atomic mass is 15.3. The summed E-state index contributed by atoms with van der Waals surface area (Å²) < 4.78 is 6.56. The average molecular weight is 680 g/mol. The third kappa shape index (κ3) is 4.54. The molecule has 0 aliphatic carbocycles. The minimum atomic E-state index is 0.567. The van der Waals surface area contributed by atoms with Crippen LogP contribution in [0.1, 0.15) is 0 Å². The van der Waals surface area contributed by atoms with Gasteiger partial charge in [0.15, 0.2) is 11.6 Å². The second-order valence-corrected chi connectivity index (χ2v) is 13.2. The van der Waals surface area contributed by atoms with Gasteiger partial charge in [-0.3, -0.25) is 4.57 Å². The molecule has 53 heavy (non-hydrogen) atoms. The lowest BCUT2D eigenvalue weighted by Crippen LogP contribution is -2.06. The van der Waals surface area contributed by atoms with Crippen LogP contribution in [0.25, 0.3) is 94.6 Å². The Labute approximate surface area is 303 Å². The highest BCUT2D eigenvalue weighted by Crippen LogP contribution is 2.38. The average Bonchev–Trinajstić information content (AvgIpc) is 3.92. The zero-order valence-electron chi connectivity index (χ0n) is 28.4. The molecule has 0 atom stereocenters. The third-order valence-corrected chi connectivity index (χ3v) is 10.2. The van der Waals surface area contributed by atoms with E-state index in [9.17, 15) is 0 Å². The SMILES string of the molecule is c1ccc(-c2nc(-c3ccccc3)nc(-n3c4ccccc4c4cc(-n5ncc6c5ccc5c7ccccc7n(-c7ccccc7)c56)ccc43)n2)cc1. The molecule has 0 saturated carbocycles. The number of hydrogen-bond acceptors (Lipinski definition) is 4. The molecule has 11 aromatic rings. The molecule has 0 radical (unpaired) electrons. The van der Waals surface area contributed by atoms with Crippen LogP contribution in [0.5, 0.6) is 0 Å². The van der Waals surface area contributed by atoms with Gasteiger partial charge in [0.05, 0.1) is 39.5 Å². The molecule has 0 amide bonds. The number of para-hydroxylation sites is 3. The number of nitrogens with zero attached hydrogens (tertiary/aromatic N) is 7. The maximum Gasteiger partial charge on any atom is 0.238 e. The predicted molar refractivity (Wildman–Crippen MR) is 214 cm³/mol. The second kappa shape index (κ2) is 11.6. The van der Waals surface area contributed by atoms with E-state index in [2.05, 4.69) is 123 Å². The summed E-state index contributed by atoms with van der Waals surface area (Å²) in [5.74, 6) is 1.82. The molecule has 4 heterocycles. The van der Waals surface area contributed by atoms with Gasteiger partial charge in [-0.1, -0.05) is 115 Å². The number of hydrogen-bond donors (Lipinski definition) is 0. The summed E-state index contributed by atoms with van der Waals surface area (Å²) in [4.78, 5) is 15.1. The van der Waals surface area contributed by atoms with Crippen LogP contribution in [0, 0.1) is 0 Å². The molecule has 0 unspecified atom stereocenters. The minimum Gasteiger partial charge on any atom is -0.309 e. The van der Waals surface area contributed by atoms with Gasteiger partial charge in [-0.15, -0.1) is 0 Å². The molecule has 0 N–H and O–H groups in total. The maximum absolute atomic E-state index is 5.09. The Balaban J connectivity index is 1.13. The number of aromatic nitrogens is 7. The maximum atomic E-state index is 5.09. The summed E-state index contributed by atoms with van der Waals surface area (Å²) in [7, 11) is 0. The van der Waals surface area contributed by atoms with Gasteiger partial charge >= 0.3 is 0 Å². The second-order valence-electron chi connectivity index (χ2n) is 13.2. The van der Waals surface area contributed by atoms with Crippen molar-refractivity contribution in [1.82, 2.24) is 33.9 Å². The van der Waals surface area contributed by atoms with Crippen molar-refractivity contribution in [2.45, 2.75) is 0 Å². The summed E-state index contributed by atoms with van der Waals surface area (Å²) in [5.41, 5.74) is 9.35. The summed E-state index contributed by atoms with van der Waals surface area (Å²) >= 11 is 0. The van der Waals surface area contributed by atoms with E-state index in [1.54, 1.807) is 0 Å². The van der Waals surface area contributed by atoms with E-state index < -0.39 is 0 Å². The topological polar surface area (TPSA) is 66.3 Å². The predicted octanol–water partition coefficient (Wildman–Crippen LogP) is 10.7. The fraction of sp³-hybridized carbons (Fsp3) is 0. The smallest absolute Gasteiger partial charge is 0.238 e. The summed E-state index contributed by atoms with van der Waals surface area (Å²) in [6.07, 6.45) is 2.00. The molecule has 0 bridgehead atoms. The lowest BCUT2D eigenvalue weighted by atomic mass is 10.1. The van der Waals surface area contributed by atoms with Crippen LogP contribution in [-0.2, 0) is 0 Å². The number of rotatable bonds is 5. The first-order valence-corrected chi connectivity index (χ1v) is 17.7. The first kappa shape index (κ1) is 29.4. The van der Waals surface area contributed by atoms with Crippen molar-refractivity contribution in [3.63, 3.8) is 0 Å². The normalized spacial score (nSPS) is 11.8. The van der Waals surface area contributed by atoms with Crippen molar-refractivity contribution in [3.8, 4) is 40.1 Å². The Morgan fingerprint density at radius 1 is 0.358 bits per heavy atom. The van der Waals surface area contributed by atoms with Gasteiger partial charge in [0.25, 0.3) is 0 Å². The summed E-state index contributed by atoms with van der Waals surface area (Å²) in [6.45, 7) is 0. The molecule has 0 saturated heterocycles. The van der Waals surface area contributed by atoms with Gasteiger partial charge in [0.2, 0.25) is 5.95 Å². The molecule has 7 aromatic carbocycles. The van der Waals surface area contributed by atoms with E-state index in [-0.39, 0.29) is 0 Å². The van der Waals surface area contributed by atoms with Gasteiger partial charge < -0.3 is 4.57 Å². The Morgan fingerprint density at radius 3 is 1.58 bits per heavy atom. The molecule has 7 nitrogen and oxygen atoms in total. The molecule has 0 aliphatic rings. The molecule has 0 spiro atoms. The first-order chi connectivity index (χ1) is 26.3. The lowest BCUT2D eigenvalue weighted by molar-refractivity contribution is 0.911. The lowest BCUT2D eigenvalue weighted by Gasteiger charge is -2.11. The first-order valence-electron chi connectivity index (χ1n) is 17.7. The molecule has 7 heteroatoms. The van der Waals surface area contributed by atoms with Crippen molar-refractivity contribution < 1.29 is 0 Å². The minimum absolute atomic E-state index is 0.567. The van der Waals surface area contributed by atoms with E-state index in [4.69, 9.17) is 20.1 Å². The zero-order chi connectivity index (χ0) is 34.9. The van der Waals surface area contributed by atoms with Gasteiger partial charge in [-0.25, -0.2) is 9.67 Å². The van der Waals surface area contributed by atoms with Gasteiger partial charge in [-0.2, -0.15) is 15.1 Å². The molecule has 4 aromatic heterocycles. The number of fused-ring (bicyclic) bond motifs is 8. The van der Waals surface area contributed by atoms with Crippen molar-refractivity contribution in [2.24, 2.45) is 0 Å². The number of benzene rings is 7. The Kier molecular flexibility index (Phi) is 6.42. The van der Waals surface area contributed by atoms with Crippen molar-refractivity contribution >= 4 is 54.5 Å². The fourth-order valence-corrected chi connectivity index (χ4v) is 7.82. The highest BCUT2D eigenvalue weighted by Gasteiger charge is 2.20. The van der Waals surface area contributed by atoms with E-state index >= 15 is 0 Å². The summed E-state index contributed by atoms with van der Waals surface area (Å²) in [5, 5.41) is 10.7. The van der Waals surface area contributed by atoms with Crippen LogP contribution in [0.4, 0.5) is 0 Å². The quantitative estimate of drug-likeness (QED) is 0.182. The van der Waals surface area contributed by atoms with Crippen molar-refractivity contribution in [1.29, 1.82) is 0 Å².